The Morgan fingerprint density at radius 3 is 2.78 bits per heavy atom. The highest BCUT2D eigenvalue weighted by Crippen LogP contribution is 2.29. The fourth-order valence-electron chi connectivity index (χ4n) is 1.43. The van der Waals surface area contributed by atoms with E-state index in [1.165, 1.54) is 14.9 Å². The molecule has 0 spiro atoms. The summed E-state index contributed by atoms with van der Waals surface area (Å²) in [6.45, 7) is 7.02. The van der Waals surface area contributed by atoms with Gasteiger partial charge in [-0.2, -0.15) is 0 Å². The molecule has 1 rings (SSSR count). The quantitative estimate of drug-likeness (QED) is 0.576. The third-order valence-corrected chi connectivity index (χ3v) is 4.80. The highest BCUT2D eigenvalue weighted by atomic mass is 79.9. The van der Waals surface area contributed by atoms with Crippen LogP contribution in [0, 0.1) is 5.92 Å². The molecule has 0 radical (unpaired) electrons. The normalized spacial score (nSPS) is 11.2. The number of ether oxygens (including phenoxy) is 1. The molecule has 0 aliphatic heterocycles. The van der Waals surface area contributed by atoms with Crippen LogP contribution >= 0.6 is 27.7 Å². The van der Waals surface area contributed by atoms with Gasteiger partial charge >= 0.3 is 0 Å². The smallest absolute Gasteiger partial charge is 0.0587 e. The summed E-state index contributed by atoms with van der Waals surface area (Å²) in [5, 5.41) is 3.35. The molecule has 4 heteroatoms. The lowest BCUT2D eigenvalue weighted by atomic mass is 10.2. The number of hydrogen-bond acceptors (Lipinski definition) is 3. The molecule has 0 aliphatic carbocycles. The highest BCUT2D eigenvalue weighted by molar-refractivity contribution is 9.10. The zero-order chi connectivity index (χ0) is 13.4. The minimum absolute atomic E-state index is 0.720. The predicted octanol–water partition coefficient (Wildman–Crippen LogP) is 3.93. The van der Waals surface area contributed by atoms with E-state index in [9.17, 15) is 0 Å². The average Bonchev–Trinajstić information content (AvgIpc) is 2.33. The van der Waals surface area contributed by atoms with E-state index in [1.54, 1.807) is 7.11 Å². The van der Waals surface area contributed by atoms with Crippen LogP contribution in [-0.4, -0.2) is 26.0 Å². The summed E-state index contributed by atoms with van der Waals surface area (Å²) in [6, 6.07) is 6.58. The number of thioether (sulfide) groups is 1. The van der Waals surface area contributed by atoms with E-state index in [0.717, 1.165) is 31.4 Å². The summed E-state index contributed by atoms with van der Waals surface area (Å²) >= 11 is 5.56. The summed E-state index contributed by atoms with van der Waals surface area (Å²) in [7, 11) is 1.72. The Balaban J connectivity index is 2.46. The van der Waals surface area contributed by atoms with Crippen LogP contribution < -0.4 is 5.32 Å². The molecule has 0 amide bonds. The van der Waals surface area contributed by atoms with E-state index in [4.69, 9.17) is 4.74 Å². The minimum atomic E-state index is 0.720. The Bertz CT molecular complexity index is 358. The van der Waals surface area contributed by atoms with E-state index in [2.05, 4.69) is 53.3 Å². The van der Waals surface area contributed by atoms with Gasteiger partial charge in [0.2, 0.25) is 0 Å². The van der Waals surface area contributed by atoms with Gasteiger partial charge in [-0.25, -0.2) is 0 Å². The molecule has 1 N–H and O–H groups in total. The maximum atomic E-state index is 5.00. The first kappa shape index (κ1) is 16.0. The van der Waals surface area contributed by atoms with E-state index in [0.29, 0.717) is 0 Å². The maximum Gasteiger partial charge on any atom is 0.0587 e. The Hall–Kier alpha value is -0.0300. The van der Waals surface area contributed by atoms with Gasteiger partial charge < -0.3 is 10.1 Å². The maximum absolute atomic E-state index is 5.00. The first-order valence-electron chi connectivity index (χ1n) is 6.24. The lowest BCUT2D eigenvalue weighted by molar-refractivity contribution is 0.199. The zero-order valence-corrected chi connectivity index (χ0v) is 13.7. The second-order valence-corrected chi connectivity index (χ2v) is 6.56. The van der Waals surface area contributed by atoms with Crippen molar-refractivity contribution in [2.45, 2.75) is 25.3 Å². The van der Waals surface area contributed by atoms with Crippen LogP contribution in [0.3, 0.4) is 0 Å². The summed E-state index contributed by atoms with van der Waals surface area (Å²) in [5.74, 6) is 1.88. The van der Waals surface area contributed by atoms with Crippen molar-refractivity contribution in [1.82, 2.24) is 5.32 Å². The molecule has 1 aromatic rings. The predicted molar refractivity (Wildman–Crippen MR) is 83.3 cm³/mol. The van der Waals surface area contributed by atoms with Crippen molar-refractivity contribution in [1.29, 1.82) is 0 Å². The molecule has 0 saturated heterocycles. The van der Waals surface area contributed by atoms with Crippen LogP contribution in [0.2, 0.25) is 0 Å². The van der Waals surface area contributed by atoms with Crippen molar-refractivity contribution in [3.05, 3.63) is 28.2 Å². The molecule has 18 heavy (non-hydrogen) atoms. The monoisotopic (exact) mass is 331 g/mol. The Morgan fingerprint density at radius 1 is 1.39 bits per heavy atom. The standard InChI is InChI=1S/C14H22BrNOS/c1-11(2)10-18-14-5-4-12(8-13(14)15)9-16-6-7-17-3/h4-5,8,11,16H,6-7,9-10H2,1-3H3. The lowest BCUT2D eigenvalue weighted by Gasteiger charge is -2.09. The molecule has 2 nitrogen and oxygen atoms in total. The van der Waals surface area contributed by atoms with E-state index < -0.39 is 0 Å². The lowest BCUT2D eigenvalue weighted by Crippen LogP contribution is -2.18. The number of benzene rings is 1. The van der Waals surface area contributed by atoms with Crippen molar-refractivity contribution in [2.24, 2.45) is 5.92 Å². The van der Waals surface area contributed by atoms with Gasteiger partial charge in [0.05, 0.1) is 6.61 Å². The summed E-state index contributed by atoms with van der Waals surface area (Å²) < 4.78 is 6.20. The van der Waals surface area contributed by atoms with Crippen LogP contribution in [0.25, 0.3) is 0 Å². The van der Waals surface area contributed by atoms with Gasteiger partial charge in [-0.15, -0.1) is 11.8 Å². The van der Waals surface area contributed by atoms with Gasteiger partial charge in [0.15, 0.2) is 0 Å². The molecule has 102 valence electrons. The van der Waals surface area contributed by atoms with E-state index >= 15 is 0 Å². The van der Waals surface area contributed by atoms with Crippen molar-refractivity contribution >= 4 is 27.7 Å². The highest BCUT2D eigenvalue weighted by Gasteiger charge is 2.03. The fraction of sp³-hybridized carbons (Fsp3) is 0.571. The zero-order valence-electron chi connectivity index (χ0n) is 11.3. The number of nitrogens with one attached hydrogen (secondary N) is 1. The van der Waals surface area contributed by atoms with Gasteiger partial charge in [-0.3, -0.25) is 0 Å². The summed E-state index contributed by atoms with van der Waals surface area (Å²) in [4.78, 5) is 1.32. The summed E-state index contributed by atoms with van der Waals surface area (Å²) in [6.07, 6.45) is 0. The Kier molecular flexibility index (Phi) is 7.98. The number of rotatable bonds is 8. The van der Waals surface area contributed by atoms with E-state index in [-0.39, 0.29) is 0 Å². The molecule has 0 saturated carbocycles. The van der Waals surface area contributed by atoms with Crippen molar-refractivity contribution in [2.75, 3.05) is 26.0 Å². The van der Waals surface area contributed by atoms with Crippen molar-refractivity contribution in [3.63, 3.8) is 0 Å². The van der Waals surface area contributed by atoms with Gasteiger partial charge in [-0.05, 0) is 39.5 Å². The molecule has 0 aliphatic rings. The molecule has 0 atom stereocenters. The fourth-order valence-corrected chi connectivity index (χ4v) is 3.08. The van der Waals surface area contributed by atoms with Crippen LogP contribution in [0.5, 0.6) is 0 Å². The first-order valence-corrected chi connectivity index (χ1v) is 8.02. The third kappa shape index (κ3) is 6.23. The van der Waals surface area contributed by atoms with Crippen LogP contribution in [0.4, 0.5) is 0 Å². The van der Waals surface area contributed by atoms with Gasteiger partial charge in [0, 0.05) is 35.3 Å². The number of halogens is 1. The number of hydrogen-bond donors (Lipinski definition) is 1. The van der Waals surface area contributed by atoms with E-state index in [1.807, 2.05) is 11.8 Å². The largest absolute Gasteiger partial charge is 0.383 e. The van der Waals surface area contributed by atoms with Crippen molar-refractivity contribution < 1.29 is 4.74 Å². The Morgan fingerprint density at radius 2 is 2.17 bits per heavy atom. The first-order chi connectivity index (χ1) is 8.63. The van der Waals surface area contributed by atoms with Gasteiger partial charge in [0.25, 0.3) is 0 Å². The van der Waals surface area contributed by atoms with Crippen LogP contribution in [0.1, 0.15) is 19.4 Å². The molecule has 0 bridgehead atoms. The molecule has 0 fully saturated rings. The number of methoxy groups -OCH3 is 1. The molecular formula is C14H22BrNOS. The molecular weight excluding hydrogens is 310 g/mol. The van der Waals surface area contributed by atoms with Gasteiger partial charge in [-0.1, -0.05) is 19.9 Å². The molecule has 0 heterocycles. The SMILES string of the molecule is COCCNCc1ccc(SCC(C)C)c(Br)c1. The Labute approximate surface area is 123 Å². The topological polar surface area (TPSA) is 21.3 Å². The average molecular weight is 332 g/mol. The molecule has 0 aromatic heterocycles. The van der Waals surface area contributed by atoms with Gasteiger partial charge in [0.1, 0.15) is 0 Å². The van der Waals surface area contributed by atoms with Crippen LogP contribution in [0.15, 0.2) is 27.6 Å². The third-order valence-electron chi connectivity index (χ3n) is 2.38. The molecule has 0 unspecified atom stereocenters. The molecule has 1 aromatic carbocycles. The summed E-state index contributed by atoms with van der Waals surface area (Å²) in [5.41, 5.74) is 1.30. The van der Waals surface area contributed by atoms with Crippen LogP contribution in [-0.2, 0) is 11.3 Å². The van der Waals surface area contributed by atoms with Crippen molar-refractivity contribution in [3.8, 4) is 0 Å². The second-order valence-electron chi connectivity index (χ2n) is 4.64. The minimum Gasteiger partial charge on any atom is -0.383 e. The second kappa shape index (κ2) is 8.97.